The molecular formula is C60H46N4S. The lowest BCUT2D eigenvalue weighted by molar-refractivity contribution is 0.660. The first kappa shape index (κ1) is 39.0. The highest BCUT2D eigenvalue weighted by Crippen LogP contribution is 2.54. The van der Waals surface area contributed by atoms with E-state index in [1.807, 2.05) is 0 Å². The maximum atomic E-state index is 4.97. The fourth-order valence-corrected chi connectivity index (χ4v) is 11.2. The standard InChI is InChI=1S/C60H46N4S/c1-59(2)53-35-39(25-29-49(53)51-31-27-45(37-55(51)59)63(41-17-9-5-10-18-41)42-19-11-6-12-20-42)47-33-34-48(58-57(47)61-65-62-58)40-26-30-50-52-32-28-46(38-56(52)60(3,4)54(50)36-40)64(43-21-13-7-14-22-43)44-23-15-8-16-24-44/h5-38H,1-4H3. The molecule has 0 amide bonds. The molecule has 0 saturated carbocycles. The van der Waals surface area contributed by atoms with Crippen molar-refractivity contribution in [1.82, 2.24) is 8.75 Å². The van der Waals surface area contributed by atoms with Gasteiger partial charge in [0.1, 0.15) is 11.0 Å². The van der Waals surface area contributed by atoms with Crippen LogP contribution in [0, 0.1) is 0 Å². The van der Waals surface area contributed by atoms with Crippen molar-refractivity contribution < 1.29 is 0 Å². The van der Waals surface area contributed by atoms with Crippen LogP contribution in [0.25, 0.3) is 55.5 Å². The Labute approximate surface area is 385 Å². The molecule has 0 atom stereocenters. The molecule has 1 aromatic heterocycles. The maximum absolute atomic E-state index is 4.97. The van der Waals surface area contributed by atoms with Crippen LogP contribution in [-0.2, 0) is 10.8 Å². The lowest BCUT2D eigenvalue weighted by atomic mass is 9.81. The predicted octanol–water partition coefficient (Wildman–Crippen LogP) is 16.6. The molecule has 9 aromatic carbocycles. The van der Waals surface area contributed by atoms with Crippen molar-refractivity contribution in [3.05, 3.63) is 229 Å². The SMILES string of the molecule is CC1(C)c2cc(-c3ccc(-c4ccc5c(c4)C(C)(C)c4cc(N(c6ccccc6)c6ccccc6)ccc4-5)c4nsnc34)ccc2-c2ccc(N(c3ccccc3)c3ccccc3)cc21. The van der Waals surface area contributed by atoms with Crippen LogP contribution in [0.4, 0.5) is 34.1 Å². The molecule has 0 spiro atoms. The van der Waals surface area contributed by atoms with E-state index in [2.05, 4.69) is 244 Å². The summed E-state index contributed by atoms with van der Waals surface area (Å²) in [5, 5.41) is 0. The molecule has 10 aromatic rings. The first-order valence-corrected chi connectivity index (χ1v) is 23.1. The number of fused-ring (bicyclic) bond motifs is 7. The van der Waals surface area contributed by atoms with E-state index >= 15 is 0 Å². The molecule has 65 heavy (non-hydrogen) atoms. The van der Waals surface area contributed by atoms with Gasteiger partial charge in [0.25, 0.3) is 0 Å². The van der Waals surface area contributed by atoms with E-state index < -0.39 is 0 Å². The fraction of sp³-hybridized carbons (Fsp3) is 0.100. The van der Waals surface area contributed by atoms with Crippen molar-refractivity contribution in [1.29, 1.82) is 0 Å². The highest BCUT2D eigenvalue weighted by Gasteiger charge is 2.38. The van der Waals surface area contributed by atoms with E-state index in [4.69, 9.17) is 8.75 Å². The van der Waals surface area contributed by atoms with Crippen LogP contribution in [0.2, 0.25) is 0 Å². The minimum Gasteiger partial charge on any atom is -0.310 e. The second-order valence-electron chi connectivity index (χ2n) is 18.4. The number of hydrogen-bond acceptors (Lipinski definition) is 5. The summed E-state index contributed by atoms with van der Waals surface area (Å²) in [5.41, 5.74) is 23.3. The molecule has 0 radical (unpaired) electrons. The summed E-state index contributed by atoms with van der Waals surface area (Å²) in [6, 6.07) is 75.0. The molecule has 0 N–H and O–H groups in total. The van der Waals surface area contributed by atoms with E-state index in [1.165, 1.54) is 56.2 Å². The van der Waals surface area contributed by atoms with Crippen molar-refractivity contribution in [3.8, 4) is 44.5 Å². The molecule has 12 rings (SSSR count). The smallest absolute Gasteiger partial charge is 0.113 e. The molecule has 2 aliphatic rings. The normalized spacial score (nSPS) is 13.8. The Morgan fingerprint density at radius 1 is 0.308 bits per heavy atom. The van der Waals surface area contributed by atoms with Crippen molar-refractivity contribution in [2.75, 3.05) is 9.80 Å². The van der Waals surface area contributed by atoms with Gasteiger partial charge < -0.3 is 9.80 Å². The minimum absolute atomic E-state index is 0.216. The van der Waals surface area contributed by atoms with Gasteiger partial charge in [-0.1, -0.05) is 149 Å². The third-order valence-electron chi connectivity index (χ3n) is 13.9. The number of para-hydroxylation sites is 4. The minimum atomic E-state index is -0.216. The molecule has 5 heteroatoms. The van der Waals surface area contributed by atoms with Crippen molar-refractivity contribution in [3.63, 3.8) is 0 Å². The fourth-order valence-electron chi connectivity index (χ4n) is 10.6. The quantitative estimate of drug-likeness (QED) is 0.152. The largest absolute Gasteiger partial charge is 0.310 e. The summed E-state index contributed by atoms with van der Waals surface area (Å²) in [4.78, 5) is 4.70. The van der Waals surface area contributed by atoms with E-state index in [1.54, 1.807) is 0 Å². The number of rotatable bonds is 8. The zero-order valence-electron chi connectivity index (χ0n) is 36.8. The van der Waals surface area contributed by atoms with E-state index in [-0.39, 0.29) is 10.8 Å². The predicted molar refractivity (Wildman–Crippen MR) is 273 cm³/mol. The highest BCUT2D eigenvalue weighted by molar-refractivity contribution is 7.00. The van der Waals surface area contributed by atoms with Gasteiger partial charge in [0, 0.05) is 56.1 Å². The van der Waals surface area contributed by atoms with Gasteiger partial charge in [0.05, 0.1) is 11.7 Å². The Hall–Kier alpha value is -7.60. The molecule has 0 saturated heterocycles. The van der Waals surface area contributed by atoms with Crippen LogP contribution in [0.1, 0.15) is 49.9 Å². The highest BCUT2D eigenvalue weighted by atomic mass is 32.1. The molecule has 0 bridgehead atoms. The first-order chi connectivity index (χ1) is 31.8. The summed E-state index contributed by atoms with van der Waals surface area (Å²) in [5.74, 6) is 0. The average Bonchev–Trinajstić information content (AvgIpc) is 3.99. The first-order valence-electron chi connectivity index (χ1n) is 22.4. The zero-order chi connectivity index (χ0) is 43.9. The summed E-state index contributed by atoms with van der Waals surface area (Å²) in [7, 11) is 0. The third kappa shape index (κ3) is 6.25. The lowest BCUT2D eigenvalue weighted by Gasteiger charge is -2.28. The summed E-state index contributed by atoms with van der Waals surface area (Å²) >= 11 is 1.29. The third-order valence-corrected chi connectivity index (χ3v) is 14.5. The number of anilines is 6. The Morgan fingerprint density at radius 2 is 0.600 bits per heavy atom. The number of aromatic nitrogens is 2. The number of nitrogens with zero attached hydrogens (tertiary/aromatic N) is 4. The van der Waals surface area contributed by atoms with E-state index in [0.29, 0.717) is 0 Å². The monoisotopic (exact) mass is 854 g/mol. The van der Waals surface area contributed by atoms with Crippen LogP contribution < -0.4 is 9.80 Å². The van der Waals surface area contributed by atoms with Gasteiger partial charge in [-0.3, -0.25) is 0 Å². The Kier molecular flexibility index (Phi) is 9.01. The van der Waals surface area contributed by atoms with Crippen molar-refractivity contribution >= 4 is 56.9 Å². The second kappa shape index (κ2) is 15.0. The zero-order valence-corrected chi connectivity index (χ0v) is 37.6. The maximum Gasteiger partial charge on any atom is 0.113 e. The van der Waals surface area contributed by atoms with Gasteiger partial charge >= 0.3 is 0 Å². The van der Waals surface area contributed by atoms with Gasteiger partial charge in [-0.15, -0.1) is 0 Å². The second-order valence-corrected chi connectivity index (χ2v) is 18.9. The molecule has 0 unspecified atom stereocenters. The summed E-state index contributed by atoms with van der Waals surface area (Å²) < 4.78 is 9.94. The molecule has 4 nitrogen and oxygen atoms in total. The van der Waals surface area contributed by atoms with Crippen molar-refractivity contribution in [2.45, 2.75) is 38.5 Å². The van der Waals surface area contributed by atoms with Gasteiger partial charge in [-0.05, 0) is 141 Å². The van der Waals surface area contributed by atoms with Crippen LogP contribution in [0.3, 0.4) is 0 Å². The van der Waals surface area contributed by atoms with Gasteiger partial charge in [-0.25, -0.2) is 0 Å². The van der Waals surface area contributed by atoms with Gasteiger partial charge in [0.2, 0.25) is 0 Å². The van der Waals surface area contributed by atoms with E-state index in [9.17, 15) is 0 Å². The summed E-state index contributed by atoms with van der Waals surface area (Å²) in [6.07, 6.45) is 0. The number of hydrogen-bond donors (Lipinski definition) is 0. The molecule has 0 aliphatic heterocycles. The van der Waals surface area contributed by atoms with Crippen LogP contribution in [0.5, 0.6) is 0 Å². The van der Waals surface area contributed by atoms with E-state index in [0.717, 1.165) is 67.4 Å². The van der Waals surface area contributed by atoms with Gasteiger partial charge in [-0.2, -0.15) is 8.75 Å². The number of benzene rings is 9. The average molecular weight is 855 g/mol. The van der Waals surface area contributed by atoms with Crippen molar-refractivity contribution in [2.24, 2.45) is 0 Å². The Balaban J connectivity index is 0.882. The summed E-state index contributed by atoms with van der Waals surface area (Å²) in [6.45, 7) is 9.45. The van der Waals surface area contributed by atoms with Crippen LogP contribution in [0.15, 0.2) is 206 Å². The Bertz CT molecular complexity index is 3120. The Morgan fingerprint density at radius 3 is 0.938 bits per heavy atom. The topological polar surface area (TPSA) is 32.3 Å². The molecule has 0 fully saturated rings. The molecule has 2 aliphatic carbocycles. The lowest BCUT2D eigenvalue weighted by Crippen LogP contribution is -2.16. The van der Waals surface area contributed by atoms with Crippen LogP contribution in [-0.4, -0.2) is 8.75 Å². The van der Waals surface area contributed by atoms with Gasteiger partial charge in [0.15, 0.2) is 0 Å². The molecule has 1 heterocycles. The molecular weight excluding hydrogens is 809 g/mol. The van der Waals surface area contributed by atoms with Crippen LogP contribution >= 0.6 is 11.7 Å². The molecule has 312 valence electrons.